The highest BCUT2D eigenvalue weighted by Crippen LogP contribution is 2.18. The van der Waals surface area contributed by atoms with Crippen molar-refractivity contribution in [3.8, 4) is 11.3 Å². The molecular weight excluding hydrogens is 316 g/mol. The van der Waals surface area contributed by atoms with Crippen molar-refractivity contribution in [3.05, 3.63) is 54.0 Å². The summed E-state index contributed by atoms with van der Waals surface area (Å²) in [5.41, 5.74) is 5.92. The highest BCUT2D eigenvalue weighted by Gasteiger charge is 2.14. The number of aromatic nitrogens is 2. The average molecular weight is 338 g/mol. The minimum atomic E-state index is 0.247. The first-order valence-corrected chi connectivity index (χ1v) is 8.15. The number of nitrogens with one attached hydrogen (secondary N) is 2. The Bertz CT molecular complexity index is 788. The molecule has 0 bridgehead atoms. The monoisotopic (exact) mass is 338 g/mol. The van der Waals surface area contributed by atoms with Gasteiger partial charge in [0.05, 0.1) is 18.9 Å². The standard InChI is InChI=1S/C18H22N6O/c1-14-4-3-5-15(12-14)16-6-7-24(22-16)17(19)13-18(21-20-2)23-8-10-25-11-9-23/h3-7,12-13,19,21H,2,8-11H2,1H3/b18-13+,19-17?. The molecule has 0 radical (unpaired) electrons. The van der Waals surface area contributed by atoms with Crippen LogP contribution in [0.3, 0.4) is 0 Å². The molecule has 1 aliphatic heterocycles. The number of morpholine rings is 1. The van der Waals surface area contributed by atoms with E-state index in [0.717, 1.165) is 30.2 Å². The van der Waals surface area contributed by atoms with Crippen LogP contribution in [0.15, 0.2) is 53.5 Å². The summed E-state index contributed by atoms with van der Waals surface area (Å²) < 4.78 is 6.91. The van der Waals surface area contributed by atoms with E-state index >= 15 is 0 Å². The number of allylic oxidation sites excluding steroid dienone is 1. The Labute approximate surface area is 147 Å². The maximum absolute atomic E-state index is 8.34. The van der Waals surface area contributed by atoms with Crippen molar-refractivity contribution < 1.29 is 4.74 Å². The lowest BCUT2D eigenvalue weighted by Crippen LogP contribution is -2.39. The largest absolute Gasteiger partial charge is 0.378 e. The second-order valence-corrected chi connectivity index (χ2v) is 5.80. The summed E-state index contributed by atoms with van der Waals surface area (Å²) >= 11 is 0. The van der Waals surface area contributed by atoms with Gasteiger partial charge in [0.25, 0.3) is 0 Å². The van der Waals surface area contributed by atoms with Gasteiger partial charge in [0.15, 0.2) is 0 Å². The minimum Gasteiger partial charge on any atom is -0.378 e. The highest BCUT2D eigenvalue weighted by atomic mass is 16.5. The molecule has 0 atom stereocenters. The molecule has 3 rings (SSSR count). The van der Waals surface area contributed by atoms with Gasteiger partial charge in [-0.25, -0.2) is 4.68 Å². The van der Waals surface area contributed by atoms with Gasteiger partial charge in [0.1, 0.15) is 11.7 Å². The molecule has 1 aromatic carbocycles. The van der Waals surface area contributed by atoms with Crippen molar-refractivity contribution in [1.82, 2.24) is 20.1 Å². The van der Waals surface area contributed by atoms with Crippen LogP contribution in [0.1, 0.15) is 5.56 Å². The van der Waals surface area contributed by atoms with Crippen LogP contribution in [0.5, 0.6) is 0 Å². The smallest absolute Gasteiger partial charge is 0.149 e. The Hall–Kier alpha value is -2.93. The molecule has 7 nitrogen and oxygen atoms in total. The molecule has 130 valence electrons. The van der Waals surface area contributed by atoms with Crippen LogP contribution < -0.4 is 5.43 Å². The van der Waals surface area contributed by atoms with E-state index in [1.54, 1.807) is 17.0 Å². The first kappa shape index (κ1) is 16.9. The summed E-state index contributed by atoms with van der Waals surface area (Å²) in [4.78, 5) is 2.08. The predicted octanol–water partition coefficient (Wildman–Crippen LogP) is 2.06. The molecule has 1 aliphatic rings. The number of benzene rings is 1. The molecule has 0 saturated carbocycles. The number of hydrogen-bond acceptors (Lipinski definition) is 6. The zero-order valence-corrected chi connectivity index (χ0v) is 14.3. The van der Waals surface area contributed by atoms with Crippen molar-refractivity contribution in [2.45, 2.75) is 6.92 Å². The van der Waals surface area contributed by atoms with Crippen molar-refractivity contribution in [1.29, 1.82) is 5.41 Å². The van der Waals surface area contributed by atoms with Gasteiger partial charge in [-0.3, -0.25) is 10.8 Å². The van der Waals surface area contributed by atoms with Crippen LogP contribution in [-0.4, -0.2) is 53.5 Å². The van der Waals surface area contributed by atoms with Crippen LogP contribution in [-0.2, 0) is 4.74 Å². The van der Waals surface area contributed by atoms with E-state index in [4.69, 9.17) is 10.1 Å². The molecule has 2 heterocycles. The summed E-state index contributed by atoms with van der Waals surface area (Å²) in [5, 5.41) is 16.6. The third-order valence-electron chi connectivity index (χ3n) is 3.97. The Kier molecular flexibility index (Phi) is 5.25. The van der Waals surface area contributed by atoms with Crippen LogP contribution in [0.25, 0.3) is 11.3 Å². The molecule has 0 aliphatic carbocycles. The maximum atomic E-state index is 8.34. The fraction of sp³-hybridized carbons (Fsp3) is 0.278. The summed E-state index contributed by atoms with van der Waals surface area (Å²) in [7, 11) is 0. The van der Waals surface area contributed by atoms with E-state index in [0.29, 0.717) is 13.2 Å². The molecule has 2 N–H and O–H groups in total. The fourth-order valence-corrected chi connectivity index (χ4v) is 2.69. The molecule has 1 fully saturated rings. The van der Waals surface area contributed by atoms with E-state index < -0.39 is 0 Å². The van der Waals surface area contributed by atoms with Crippen molar-refractivity contribution >= 4 is 12.6 Å². The zero-order chi connectivity index (χ0) is 17.6. The van der Waals surface area contributed by atoms with Crippen LogP contribution >= 0.6 is 0 Å². The second-order valence-electron chi connectivity index (χ2n) is 5.80. The van der Waals surface area contributed by atoms with Gasteiger partial charge in [-0.15, -0.1) is 0 Å². The normalized spacial score (nSPS) is 15.1. The Morgan fingerprint density at radius 2 is 2.16 bits per heavy atom. The van der Waals surface area contributed by atoms with Crippen LogP contribution in [0.4, 0.5) is 0 Å². The van der Waals surface area contributed by atoms with Crippen LogP contribution in [0.2, 0.25) is 0 Å². The predicted molar refractivity (Wildman–Crippen MR) is 98.7 cm³/mol. The number of nitrogens with zero attached hydrogens (tertiary/aromatic N) is 4. The molecule has 0 amide bonds. The van der Waals surface area contributed by atoms with Crippen molar-refractivity contribution in [2.24, 2.45) is 5.10 Å². The van der Waals surface area contributed by atoms with Gasteiger partial charge in [0, 0.05) is 37.6 Å². The van der Waals surface area contributed by atoms with Crippen molar-refractivity contribution in [2.75, 3.05) is 26.3 Å². The van der Waals surface area contributed by atoms with Crippen molar-refractivity contribution in [3.63, 3.8) is 0 Å². The molecule has 7 heteroatoms. The molecule has 1 aromatic heterocycles. The number of aryl methyl sites for hydroxylation is 1. The van der Waals surface area contributed by atoms with E-state index in [9.17, 15) is 0 Å². The molecular formula is C18H22N6O. The topological polar surface area (TPSA) is 78.5 Å². The number of hydrazone groups is 1. The SMILES string of the molecule is C=NN/C(=C\C(=N)n1ccc(-c2cccc(C)c2)n1)N1CCOCC1. The molecule has 1 saturated heterocycles. The second kappa shape index (κ2) is 7.76. The van der Waals surface area contributed by atoms with Gasteiger partial charge in [-0.05, 0) is 19.1 Å². The molecule has 2 aromatic rings. The van der Waals surface area contributed by atoms with Gasteiger partial charge in [0.2, 0.25) is 0 Å². The minimum absolute atomic E-state index is 0.247. The average Bonchev–Trinajstić information content (AvgIpc) is 3.12. The lowest BCUT2D eigenvalue weighted by molar-refractivity contribution is 0.0505. The summed E-state index contributed by atoms with van der Waals surface area (Å²) in [5.74, 6) is 0.965. The van der Waals surface area contributed by atoms with E-state index in [-0.39, 0.29) is 5.84 Å². The molecule has 0 spiro atoms. The quantitative estimate of drug-likeness (QED) is 0.497. The van der Waals surface area contributed by atoms with Gasteiger partial charge in [-0.1, -0.05) is 23.8 Å². The summed E-state index contributed by atoms with van der Waals surface area (Å²) in [6.07, 6.45) is 3.49. The summed E-state index contributed by atoms with van der Waals surface area (Å²) in [6, 6.07) is 10.1. The Balaban J connectivity index is 1.80. The number of rotatable bonds is 5. The van der Waals surface area contributed by atoms with Gasteiger partial charge < -0.3 is 9.64 Å². The maximum Gasteiger partial charge on any atom is 0.149 e. The number of hydrogen-bond donors (Lipinski definition) is 2. The fourth-order valence-electron chi connectivity index (χ4n) is 2.69. The van der Waals surface area contributed by atoms with E-state index in [2.05, 4.69) is 33.3 Å². The third kappa shape index (κ3) is 4.13. The first-order valence-electron chi connectivity index (χ1n) is 8.15. The highest BCUT2D eigenvalue weighted by molar-refractivity contribution is 5.92. The Morgan fingerprint density at radius 1 is 1.36 bits per heavy atom. The molecule has 0 unspecified atom stereocenters. The lowest BCUT2D eigenvalue weighted by atomic mass is 10.1. The van der Waals surface area contributed by atoms with E-state index in [1.165, 1.54) is 5.56 Å². The van der Waals surface area contributed by atoms with Gasteiger partial charge in [-0.2, -0.15) is 10.2 Å². The molecule has 25 heavy (non-hydrogen) atoms. The number of ether oxygens (including phenoxy) is 1. The third-order valence-corrected chi connectivity index (χ3v) is 3.97. The first-order chi connectivity index (χ1) is 12.2. The lowest BCUT2D eigenvalue weighted by Gasteiger charge is -2.30. The Morgan fingerprint density at radius 3 is 2.88 bits per heavy atom. The van der Waals surface area contributed by atoms with Gasteiger partial charge >= 0.3 is 0 Å². The van der Waals surface area contributed by atoms with E-state index in [1.807, 2.05) is 31.2 Å². The van der Waals surface area contributed by atoms with Crippen LogP contribution in [0, 0.1) is 12.3 Å². The summed E-state index contributed by atoms with van der Waals surface area (Å²) in [6.45, 7) is 8.33. The zero-order valence-electron chi connectivity index (χ0n) is 14.3.